The largest absolute Gasteiger partial charge is 0.447 e. The molecule has 1 atom stereocenters. The molecule has 0 bridgehead atoms. The van der Waals surface area contributed by atoms with Crippen molar-refractivity contribution in [3.05, 3.63) is 18.4 Å². The van der Waals surface area contributed by atoms with Gasteiger partial charge in [-0.25, -0.2) is 4.98 Å². The van der Waals surface area contributed by atoms with Gasteiger partial charge in [-0.2, -0.15) is 0 Å². The van der Waals surface area contributed by atoms with Gasteiger partial charge in [0.1, 0.15) is 5.76 Å². The Morgan fingerprint density at radius 2 is 2.50 bits per heavy atom. The number of hydrogen-bond acceptors (Lipinski definition) is 4. The molecule has 1 heterocycles. The van der Waals surface area contributed by atoms with Crippen molar-refractivity contribution in [1.82, 2.24) is 15.6 Å². The average Bonchev–Trinajstić information content (AvgIpc) is 2.67. The third-order valence-corrected chi connectivity index (χ3v) is 1.81. The molecule has 0 aliphatic heterocycles. The standard InChI is InChI=1S/C9H15N3O2/c1-3-11-9(13)7(2)12-5-8-4-10-6-14-8/h4,6-7,12H,3,5H2,1-2H3,(H,11,13). The number of carbonyl (C=O) groups excluding carboxylic acids is 1. The van der Waals surface area contributed by atoms with E-state index in [2.05, 4.69) is 15.6 Å². The van der Waals surface area contributed by atoms with Crippen molar-refractivity contribution in [2.24, 2.45) is 0 Å². The minimum absolute atomic E-state index is 0.00739. The van der Waals surface area contributed by atoms with Gasteiger partial charge in [-0.15, -0.1) is 0 Å². The van der Waals surface area contributed by atoms with Crippen LogP contribution in [0.1, 0.15) is 19.6 Å². The molecular formula is C9H15N3O2. The molecule has 0 fully saturated rings. The predicted molar refractivity (Wildman–Crippen MR) is 51.5 cm³/mol. The van der Waals surface area contributed by atoms with Gasteiger partial charge in [0.2, 0.25) is 5.91 Å². The second-order valence-electron chi connectivity index (χ2n) is 2.96. The van der Waals surface area contributed by atoms with Gasteiger partial charge in [-0.3, -0.25) is 10.1 Å². The second-order valence-corrected chi connectivity index (χ2v) is 2.96. The third kappa shape index (κ3) is 3.18. The maximum absolute atomic E-state index is 11.3. The lowest BCUT2D eigenvalue weighted by atomic mass is 10.3. The van der Waals surface area contributed by atoms with Gasteiger partial charge >= 0.3 is 0 Å². The highest BCUT2D eigenvalue weighted by Crippen LogP contribution is 1.96. The highest BCUT2D eigenvalue weighted by Gasteiger charge is 2.10. The SMILES string of the molecule is CCNC(=O)C(C)NCc1cnco1. The molecule has 0 spiro atoms. The first-order chi connectivity index (χ1) is 6.74. The highest BCUT2D eigenvalue weighted by molar-refractivity contribution is 5.81. The summed E-state index contributed by atoms with van der Waals surface area (Å²) in [6, 6.07) is -0.222. The van der Waals surface area contributed by atoms with E-state index in [1.54, 1.807) is 13.1 Å². The Labute approximate surface area is 82.9 Å². The van der Waals surface area contributed by atoms with Gasteiger partial charge in [0.05, 0.1) is 18.8 Å². The highest BCUT2D eigenvalue weighted by atomic mass is 16.3. The monoisotopic (exact) mass is 197 g/mol. The van der Waals surface area contributed by atoms with E-state index in [0.29, 0.717) is 13.1 Å². The summed E-state index contributed by atoms with van der Waals surface area (Å²) in [5.74, 6) is 0.716. The summed E-state index contributed by atoms with van der Waals surface area (Å²) < 4.78 is 5.02. The average molecular weight is 197 g/mol. The molecule has 0 aromatic carbocycles. The van der Waals surface area contributed by atoms with Crippen molar-refractivity contribution >= 4 is 5.91 Å². The fourth-order valence-electron chi connectivity index (χ4n) is 1.00. The summed E-state index contributed by atoms with van der Waals surface area (Å²) in [4.78, 5) is 15.1. The topological polar surface area (TPSA) is 67.2 Å². The van der Waals surface area contributed by atoms with Gasteiger partial charge in [-0.1, -0.05) is 0 Å². The molecule has 1 amide bonds. The molecule has 5 heteroatoms. The van der Waals surface area contributed by atoms with E-state index in [9.17, 15) is 4.79 Å². The van der Waals surface area contributed by atoms with Crippen molar-refractivity contribution in [2.45, 2.75) is 26.4 Å². The van der Waals surface area contributed by atoms with Gasteiger partial charge in [0.25, 0.3) is 0 Å². The molecule has 0 saturated heterocycles. The molecule has 0 saturated carbocycles. The molecule has 1 unspecified atom stereocenters. The van der Waals surface area contributed by atoms with E-state index in [1.165, 1.54) is 6.39 Å². The Bertz CT molecular complexity index is 272. The maximum Gasteiger partial charge on any atom is 0.236 e. The molecule has 0 radical (unpaired) electrons. The van der Waals surface area contributed by atoms with Crippen LogP contribution in [0.25, 0.3) is 0 Å². The van der Waals surface area contributed by atoms with E-state index in [1.807, 2.05) is 6.92 Å². The van der Waals surface area contributed by atoms with Crippen LogP contribution in [0.2, 0.25) is 0 Å². The lowest BCUT2D eigenvalue weighted by Crippen LogP contribution is -2.41. The quantitative estimate of drug-likeness (QED) is 0.712. The molecular weight excluding hydrogens is 182 g/mol. The van der Waals surface area contributed by atoms with Crippen LogP contribution in [-0.4, -0.2) is 23.5 Å². The fraction of sp³-hybridized carbons (Fsp3) is 0.556. The first-order valence-electron chi connectivity index (χ1n) is 4.62. The van der Waals surface area contributed by atoms with Crippen LogP contribution in [0.5, 0.6) is 0 Å². The zero-order valence-electron chi connectivity index (χ0n) is 8.41. The molecule has 78 valence electrons. The minimum Gasteiger partial charge on any atom is -0.447 e. The summed E-state index contributed by atoms with van der Waals surface area (Å²) in [6.07, 6.45) is 2.99. The normalized spacial score (nSPS) is 12.4. The summed E-state index contributed by atoms with van der Waals surface area (Å²) in [5.41, 5.74) is 0. The number of nitrogens with one attached hydrogen (secondary N) is 2. The Morgan fingerprint density at radius 3 is 3.07 bits per heavy atom. The number of carbonyl (C=O) groups is 1. The van der Waals surface area contributed by atoms with Crippen molar-refractivity contribution in [3.8, 4) is 0 Å². The number of hydrogen-bond donors (Lipinski definition) is 2. The van der Waals surface area contributed by atoms with Crippen LogP contribution in [0.3, 0.4) is 0 Å². The third-order valence-electron chi connectivity index (χ3n) is 1.81. The molecule has 1 aromatic heterocycles. The Morgan fingerprint density at radius 1 is 1.71 bits per heavy atom. The molecule has 2 N–H and O–H groups in total. The zero-order valence-corrected chi connectivity index (χ0v) is 8.41. The van der Waals surface area contributed by atoms with Crippen LogP contribution < -0.4 is 10.6 Å². The minimum atomic E-state index is -0.222. The maximum atomic E-state index is 11.3. The number of nitrogens with zero attached hydrogens (tertiary/aromatic N) is 1. The lowest BCUT2D eigenvalue weighted by Gasteiger charge is -2.11. The molecule has 1 rings (SSSR count). The van der Waals surface area contributed by atoms with E-state index >= 15 is 0 Å². The first-order valence-corrected chi connectivity index (χ1v) is 4.62. The van der Waals surface area contributed by atoms with Crippen LogP contribution in [0.4, 0.5) is 0 Å². The number of likely N-dealkylation sites (N-methyl/N-ethyl adjacent to an activating group) is 1. The van der Waals surface area contributed by atoms with Gasteiger partial charge in [0, 0.05) is 6.54 Å². The van der Waals surface area contributed by atoms with Gasteiger partial charge in [-0.05, 0) is 13.8 Å². The summed E-state index contributed by atoms with van der Waals surface area (Å²) >= 11 is 0. The first kappa shape index (κ1) is 10.7. The van der Waals surface area contributed by atoms with E-state index in [-0.39, 0.29) is 11.9 Å². The number of amides is 1. The van der Waals surface area contributed by atoms with E-state index in [0.717, 1.165) is 5.76 Å². The number of oxazole rings is 1. The molecule has 14 heavy (non-hydrogen) atoms. The van der Waals surface area contributed by atoms with E-state index in [4.69, 9.17) is 4.42 Å². The Hall–Kier alpha value is -1.36. The van der Waals surface area contributed by atoms with Crippen LogP contribution in [0.15, 0.2) is 17.0 Å². The summed E-state index contributed by atoms with van der Waals surface area (Å²) in [7, 11) is 0. The Balaban J connectivity index is 2.27. The second kappa shape index (κ2) is 5.39. The molecule has 5 nitrogen and oxygen atoms in total. The summed E-state index contributed by atoms with van der Waals surface area (Å²) in [5, 5.41) is 5.75. The van der Waals surface area contributed by atoms with Crippen LogP contribution >= 0.6 is 0 Å². The van der Waals surface area contributed by atoms with Crippen molar-refractivity contribution in [3.63, 3.8) is 0 Å². The van der Waals surface area contributed by atoms with Crippen LogP contribution in [-0.2, 0) is 11.3 Å². The zero-order chi connectivity index (χ0) is 10.4. The molecule has 1 aromatic rings. The summed E-state index contributed by atoms with van der Waals surface area (Å²) in [6.45, 7) is 4.86. The molecule has 0 aliphatic rings. The van der Waals surface area contributed by atoms with Gasteiger partial charge < -0.3 is 9.73 Å². The van der Waals surface area contributed by atoms with E-state index < -0.39 is 0 Å². The Kier molecular flexibility index (Phi) is 4.12. The van der Waals surface area contributed by atoms with Gasteiger partial charge in [0.15, 0.2) is 6.39 Å². The smallest absolute Gasteiger partial charge is 0.236 e. The van der Waals surface area contributed by atoms with Crippen molar-refractivity contribution in [2.75, 3.05) is 6.54 Å². The fourth-order valence-corrected chi connectivity index (χ4v) is 1.00. The predicted octanol–water partition coefficient (Wildman–Crippen LogP) is 0.289. The lowest BCUT2D eigenvalue weighted by molar-refractivity contribution is -0.122. The molecule has 0 aliphatic carbocycles. The number of rotatable bonds is 5. The van der Waals surface area contributed by atoms with Crippen molar-refractivity contribution in [1.29, 1.82) is 0 Å². The number of aromatic nitrogens is 1. The van der Waals surface area contributed by atoms with Crippen LogP contribution in [0, 0.1) is 0 Å². The van der Waals surface area contributed by atoms with Crippen molar-refractivity contribution < 1.29 is 9.21 Å².